The van der Waals surface area contributed by atoms with Gasteiger partial charge >= 0.3 is 0 Å². The van der Waals surface area contributed by atoms with Crippen LogP contribution < -0.4 is 5.73 Å². The minimum Gasteiger partial charge on any atom is -0.369 e. The molecule has 1 saturated heterocycles. The summed E-state index contributed by atoms with van der Waals surface area (Å²) in [5, 5.41) is 4.94. The Hall–Kier alpha value is -2.35. The Bertz CT molecular complexity index is 710. The quantitative estimate of drug-likeness (QED) is 0.819. The molecule has 126 valence electrons. The zero-order valence-corrected chi connectivity index (χ0v) is 14.0. The first-order chi connectivity index (χ1) is 11.6. The number of hydrogen-bond donors (Lipinski definition) is 1. The molecule has 0 unspecified atom stereocenters. The second-order valence-corrected chi connectivity index (χ2v) is 6.60. The number of carbonyl (C=O) groups is 2. The van der Waals surface area contributed by atoms with Crippen LogP contribution in [0.5, 0.6) is 0 Å². The van der Waals surface area contributed by atoms with Crippen molar-refractivity contribution in [2.45, 2.75) is 18.0 Å². The molecule has 0 radical (unpaired) electrons. The number of thioether (sulfide) groups is 1. The fourth-order valence-corrected chi connectivity index (χ4v) is 3.35. The van der Waals surface area contributed by atoms with E-state index in [0.29, 0.717) is 36.8 Å². The molecule has 0 bridgehead atoms. The number of primary amides is 1. The molecule has 1 aromatic carbocycles. The van der Waals surface area contributed by atoms with Crippen LogP contribution in [0.2, 0.25) is 0 Å². The number of nitrogens with zero attached hydrogens (tertiary/aromatic N) is 4. The summed E-state index contributed by atoms with van der Waals surface area (Å²) in [4.78, 5) is 29.4. The predicted octanol–water partition coefficient (Wildman–Crippen LogP) is 1.08. The Labute approximate surface area is 144 Å². The van der Waals surface area contributed by atoms with Gasteiger partial charge in [-0.15, -0.1) is 5.10 Å². The third-order valence-electron chi connectivity index (χ3n) is 4.07. The Morgan fingerprint density at radius 1 is 1.21 bits per heavy atom. The molecule has 2 N–H and O–H groups in total. The lowest BCUT2D eigenvalue weighted by atomic mass is 9.96. The van der Waals surface area contributed by atoms with Crippen molar-refractivity contribution in [1.82, 2.24) is 19.7 Å². The number of aromatic nitrogens is 3. The second kappa shape index (κ2) is 7.48. The molecule has 0 spiro atoms. The highest BCUT2D eigenvalue weighted by Crippen LogP contribution is 2.19. The smallest absolute Gasteiger partial charge is 0.233 e. The average molecular weight is 345 g/mol. The monoisotopic (exact) mass is 345 g/mol. The molecule has 24 heavy (non-hydrogen) atoms. The molecule has 2 amide bonds. The van der Waals surface area contributed by atoms with Crippen LogP contribution in [0.4, 0.5) is 0 Å². The predicted molar refractivity (Wildman–Crippen MR) is 90.6 cm³/mol. The Balaban J connectivity index is 1.50. The van der Waals surface area contributed by atoms with Crippen molar-refractivity contribution in [2.24, 2.45) is 11.7 Å². The molecule has 0 saturated carbocycles. The minimum absolute atomic E-state index is 0.0407. The molecule has 0 atom stereocenters. The van der Waals surface area contributed by atoms with Crippen LogP contribution in [0.15, 0.2) is 41.8 Å². The van der Waals surface area contributed by atoms with Crippen LogP contribution in [-0.4, -0.2) is 50.3 Å². The molecule has 1 fully saturated rings. The Morgan fingerprint density at radius 2 is 1.92 bits per heavy atom. The summed E-state index contributed by atoms with van der Waals surface area (Å²) in [6, 6.07) is 9.69. The summed E-state index contributed by atoms with van der Waals surface area (Å²) in [5.74, 6) is -0.0453. The first-order valence-corrected chi connectivity index (χ1v) is 8.79. The normalized spacial score (nSPS) is 15.4. The van der Waals surface area contributed by atoms with Gasteiger partial charge in [0.05, 0.1) is 11.4 Å². The number of benzene rings is 1. The van der Waals surface area contributed by atoms with Crippen LogP contribution in [0, 0.1) is 5.92 Å². The summed E-state index contributed by atoms with van der Waals surface area (Å²) in [6.45, 7) is 1.16. The first-order valence-electron chi connectivity index (χ1n) is 7.80. The maximum Gasteiger partial charge on any atom is 0.233 e. The van der Waals surface area contributed by atoms with Crippen molar-refractivity contribution in [1.29, 1.82) is 0 Å². The maximum atomic E-state index is 12.3. The largest absolute Gasteiger partial charge is 0.369 e. The average Bonchev–Trinajstić information content (AvgIpc) is 3.09. The molecule has 2 aromatic rings. The lowest BCUT2D eigenvalue weighted by Gasteiger charge is -2.30. The number of nitrogens with two attached hydrogens (primary N) is 1. The highest BCUT2D eigenvalue weighted by atomic mass is 32.2. The number of likely N-dealkylation sites (tertiary alicyclic amines) is 1. The van der Waals surface area contributed by atoms with Gasteiger partial charge < -0.3 is 10.6 Å². The van der Waals surface area contributed by atoms with E-state index in [1.807, 2.05) is 30.3 Å². The molecule has 2 heterocycles. The van der Waals surface area contributed by atoms with Crippen LogP contribution in [-0.2, 0) is 9.59 Å². The number of rotatable bonds is 5. The van der Waals surface area contributed by atoms with E-state index in [-0.39, 0.29) is 17.7 Å². The highest BCUT2D eigenvalue weighted by molar-refractivity contribution is 7.99. The van der Waals surface area contributed by atoms with E-state index < -0.39 is 0 Å². The van der Waals surface area contributed by atoms with Gasteiger partial charge in [-0.25, -0.2) is 9.67 Å². The van der Waals surface area contributed by atoms with E-state index in [4.69, 9.17) is 5.73 Å². The van der Waals surface area contributed by atoms with Crippen LogP contribution in [0.1, 0.15) is 12.8 Å². The van der Waals surface area contributed by atoms with Crippen LogP contribution >= 0.6 is 11.8 Å². The standard InChI is InChI=1S/C16H19N5O2S/c17-15(23)12-6-8-20(9-7-12)14(22)10-24-16-18-11-21(19-16)13-4-2-1-3-5-13/h1-5,11-12H,6-10H2,(H2,17,23). The number of amides is 2. The summed E-state index contributed by atoms with van der Waals surface area (Å²) < 4.78 is 1.69. The van der Waals surface area contributed by atoms with E-state index in [9.17, 15) is 9.59 Å². The van der Waals surface area contributed by atoms with Crippen LogP contribution in [0.25, 0.3) is 5.69 Å². The molecule has 8 heteroatoms. The van der Waals surface area contributed by atoms with Crippen molar-refractivity contribution in [3.8, 4) is 5.69 Å². The van der Waals surface area contributed by atoms with Crippen molar-refractivity contribution >= 4 is 23.6 Å². The first kappa shape index (κ1) is 16.5. The zero-order chi connectivity index (χ0) is 16.9. The zero-order valence-electron chi connectivity index (χ0n) is 13.2. The fourth-order valence-electron chi connectivity index (χ4n) is 2.65. The van der Waals surface area contributed by atoms with Crippen molar-refractivity contribution in [3.05, 3.63) is 36.7 Å². The van der Waals surface area contributed by atoms with Gasteiger partial charge in [0, 0.05) is 19.0 Å². The lowest BCUT2D eigenvalue weighted by molar-refractivity contribution is -0.132. The molecular formula is C16H19N5O2S. The van der Waals surface area contributed by atoms with Gasteiger partial charge in [0.25, 0.3) is 0 Å². The van der Waals surface area contributed by atoms with Gasteiger partial charge in [-0.05, 0) is 25.0 Å². The maximum absolute atomic E-state index is 12.3. The summed E-state index contributed by atoms with van der Waals surface area (Å²) in [5.41, 5.74) is 6.24. The second-order valence-electron chi connectivity index (χ2n) is 5.65. The fraction of sp³-hybridized carbons (Fsp3) is 0.375. The van der Waals surface area contributed by atoms with Crippen molar-refractivity contribution in [3.63, 3.8) is 0 Å². The van der Waals surface area contributed by atoms with Gasteiger partial charge in [-0.1, -0.05) is 30.0 Å². The summed E-state index contributed by atoms with van der Waals surface area (Å²) in [6.07, 6.45) is 2.93. The van der Waals surface area contributed by atoms with E-state index in [2.05, 4.69) is 10.1 Å². The molecule has 1 aliphatic heterocycles. The number of carbonyl (C=O) groups excluding carboxylic acids is 2. The SMILES string of the molecule is NC(=O)C1CCN(C(=O)CSc2ncn(-c3ccccc3)n2)CC1. The Kier molecular flexibility index (Phi) is 5.14. The lowest BCUT2D eigenvalue weighted by Crippen LogP contribution is -2.42. The van der Waals surface area contributed by atoms with Gasteiger partial charge in [-0.3, -0.25) is 9.59 Å². The molecule has 7 nitrogen and oxygen atoms in total. The third kappa shape index (κ3) is 3.94. The third-order valence-corrected chi connectivity index (χ3v) is 4.90. The van der Waals surface area contributed by atoms with Gasteiger partial charge in [0.15, 0.2) is 0 Å². The van der Waals surface area contributed by atoms with E-state index >= 15 is 0 Å². The molecule has 0 aliphatic carbocycles. The number of piperidine rings is 1. The van der Waals surface area contributed by atoms with Crippen molar-refractivity contribution in [2.75, 3.05) is 18.8 Å². The summed E-state index contributed by atoms with van der Waals surface area (Å²) in [7, 11) is 0. The van der Waals surface area contributed by atoms with Gasteiger partial charge in [0.2, 0.25) is 17.0 Å². The Morgan fingerprint density at radius 3 is 2.58 bits per heavy atom. The molecular weight excluding hydrogens is 326 g/mol. The highest BCUT2D eigenvalue weighted by Gasteiger charge is 2.25. The molecule has 1 aromatic heterocycles. The summed E-state index contributed by atoms with van der Waals surface area (Å²) >= 11 is 1.32. The number of para-hydroxylation sites is 1. The van der Waals surface area contributed by atoms with E-state index in [1.165, 1.54) is 11.8 Å². The molecule has 1 aliphatic rings. The van der Waals surface area contributed by atoms with E-state index in [0.717, 1.165) is 5.69 Å². The number of hydrogen-bond acceptors (Lipinski definition) is 5. The topological polar surface area (TPSA) is 94.1 Å². The van der Waals surface area contributed by atoms with Crippen LogP contribution in [0.3, 0.4) is 0 Å². The van der Waals surface area contributed by atoms with Gasteiger partial charge in [-0.2, -0.15) is 0 Å². The minimum atomic E-state index is -0.271. The molecule has 3 rings (SSSR count). The van der Waals surface area contributed by atoms with Crippen molar-refractivity contribution < 1.29 is 9.59 Å². The van der Waals surface area contributed by atoms with E-state index in [1.54, 1.807) is 15.9 Å². The van der Waals surface area contributed by atoms with Gasteiger partial charge in [0.1, 0.15) is 6.33 Å².